The molecule has 0 aromatic heterocycles. The number of hydrogen-bond acceptors (Lipinski definition) is 3. The van der Waals surface area contributed by atoms with Crippen LogP contribution < -0.4 is 10.6 Å². The van der Waals surface area contributed by atoms with Crippen molar-refractivity contribution in [1.29, 1.82) is 0 Å². The van der Waals surface area contributed by atoms with Crippen molar-refractivity contribution in [3.05, 3.63) is 0 Å². The number of amides is 1. The third-order valence-corrected chi connectivity index (χ3v) is 4.86. The van der Waals surface area contributed by atoms with E-state index in [2.05, 4.69) is 15.5 Å². The Labute approximate surface area is 116 Å². The highest BCUT2D eigenvalue weighted by atomic mass is 16.2. The molecule has 2 heterocycles. The van der Waals surface area contributed by atoms with Crippen LogP contribution in [0.2, 0.25) is 0 Å². The highest BCUT2D eigenvalue weighted by molar-refractivity contribution is 5.78. The molecule has 0 spiro atoms. The third-order valence-electron chi connectivity index (χ3n) is 4.86. The zero-order chi connectivity index (χ0) is 13.1. The van der Waals surface area contributed by atoms with Gasteiger partial charge in [-0.3, -0.25) is 9.69 Å². The first kappa shape index (κ1) is 13.4. The standard InChI is InChI=1S/C15H27N3O/c19-15(17-9-12-5-6-12)11-18-8-2-3-13(10-18)14-4-1-7-16-14/h12-14,16H,1-11H2,(H,17,19). The van der Waals surface area contributed by atoms with E-state index >= 15 is 0 Å². The molecule has 0 aromatic carbocycles. The van der Waals surface area contributed by atoms with Gasteiger partial charge in [0.2, 0.25) is 5.91 Å². The van der Waals surface area contributed by atoms with Gasteiger partial charge in [-0.2, -0.15) is 0 Å². The average Bonchev–Trinajstić information content (AvgIpc) is 3.09. The molecular weight excluding hydrogens is 238 g/mol. The summed E-state index contributed by atoms with van der Waals surface area (Å²) >= 11 is 0. The summed E-state index contributed by atoms with van der Waals surface area (Å²) in [6.07, 6.45) is 7.84. The first-order valence-corrected chi connectivity index (χ1v) is 8.03. The number of carbonyl (C=O) groups is 1. The lowest BCUT2D eigenvalue weighted by Gasteiger charge is -2.35. The third kappa shape index (κ3) is 3.93. The van der Waals surface area contributed by atoms with Gasteiger partial charge in [0, 0.05) is 19.1 Å². The van der Waals surface area contributed by atoms with E-state index in [9.17, 15) is 4.79 Å². The molecule has 4 heteroatoms. The number of nitrogens with one attached hydrogen (secondary N) is 2. The summed E-state index contributed by atoms with van der Waals surface area (Å²) in [6.45, 7) is 4.90. The average molecular weight is 265 g/mol. The smallest absolute Gasteiger partial charge is 0.234 e. The van der Waals surface area contributed by atoms with Crippen molar-refractivity contribution in [2.75, 3.05) is 32.7 Å². The molecular formula is C15H27N3O. The summed E-state index contributed by atoms with van der Waals surface area (Å²) in [6, 6.07) is 0.706. The van der Waals surface area contributed by atoms with E-state index in [0.717, 1.165) is 31.5 Å². The predicted octanol–water partition coefficient (Wildman–Crippen LogP) is 0.977. The Bertz CT molecular complexity index is 311. The van der Waals surface area contributed by atoms with Crippen molar-refractivity contribution < 1.29 is 4.79 Å². The normalized spacial score (nSPS) is 32.4. The molecule has 2 saturated heterocycles. The van der Waals surface area contributed by atoms with Crippen LogP contribution in [0.1, 0.15) is 38.5 Å². The highest BCUT2D eigenvalue weighted by Crippen LogP contribution is 2.27. The van der Waals surface area contributed by atoms with Crippen molar-refractivity contribution in [3.8, 4) is 0 Å². The van der Waals surface area contributed by atoms with Crippen LogP contribution in [-0.2, 0) is 4.79 Å². The second-order valence-corrected chi connectivity index (χ2v) is 6.59. The van der Waals surface area contributed by atoms with Crippen LogP contribution in [0.4, 0.5) is 0 Å². The fourth-order valence-electron chi connectivity index (χ4n) is 3.52. The summed E-state index contributed by atoms with van der Waals surface area (Å²) in [5.74, 6) is 1.76. The number of nitrogens with zero attached hydrogens (tertiary/aromatic N) is 1. The fourth-order valence-corrected chi connectivity index (χ4v) is 3.52. The van der Waals surface area contributed by atoms with Gasteiger partial charge >= 0.3 is 0 Å². The van der Waals surface area contributed by atoms with Gasteiger partial charge in [-0.1, -0.05) is 0 Å². The molecule has 4 nitrogen and oxygen atoms in total. The number of rotatable bonds is 5. The first-order valence-electron chi connectivity index (χ1n) is 8.03. The molecule has 2 aliphatic heterocycles. The number of piperidine rings is 1. The van der Waals surface area contributed by atoms with E-state index in [4.69, 9.17) is 0 Å². The Kier molecular flexibility index (Phi) is 4.38. The number of hydrogen-bond donors (Lipinski definition) is 2. The summed E-state index contributed by atoms with van der Waals surface area (Å²) in [5, 5.41) is 6.70. The maximum absolute atomic E-state index is 11.9. The lowest BCUT2D eigenvalue weighted by atomic mass is 9.90. The molecule has 0 aromatic rings. The quantitative estimate of drug-likeness (QED) is 0.779. The van der Waals surface area contributed by atoms with E-state index in [1.807, 2.05) is 0 Å². The molecule has 3 fully saturated rings. The van der Waals surface area contributed by atoms with Gasteiger partial charge in [0.05, 0.1) is 6.54 Å². The molecule has 3 rings (SSSR count). The zero-order valence-electron chi connectivity index (χ0n) is 11.9. The van der Waals surface area contributed by atoms with E-state index in [0.29, 0.717) is 12.6 Å². The second-order valence-electron chi connectivity index (χ2n) is 6.59. The molecule has 1 amide bonds. The Morgan fingerprint density at radius 2 is 2.11 bits per heavy atom. The minimum Gasteiger partial charge on any atom is -0.355 e. The van der Waals surface area contributed by atoms with Gasteiger partial charge in [0.25, 0.3) is 0 Å². The molecule has 0 radical (unpaired) electrons. The summed E-state index contributed by atoms with van der Waals surface area (Å²) in [7, 11) is 0. The lowest BCUT2D eigenvalue weighted by molar-refractivity contribution is -0.122. The SMILES string of the molecule is O=C(CN1CCCC(C2CCCN2)C1)NCC1CC1. The van der Waals surface area contributed by atoms with Gasteiger partial charge in [-0.05, 0) is 63.5 Å². The molecule has 1 saturated carbocycles. The summed E-state index contributed by atoms with van der Waals surface area (Å²) in [5.41, 5.74) is 0. The van der Waals surface area contributed by atoms with Crippen molar-refractivity contribution in [1.82, 2.24) is 15.5 Å². The van der Waals surface area contributed by atoms with Crippen LogP contribution in [0.3, 0.4) is 0 Å². The van der Waals surface area contributed by atoms with Gasteiger partial charge < -0.3 is 10.6 Å². The largest absolute Gasteiger partial charge is 0.355 e. The highest BCUT2D eigenvalue weighted by Gasteiger charge is 2.29. The molecule has 2 N–H and O–H groups in total. The van der Waals surface area contributed by atoms with Crippen LogP contribution in [-0.4, -0.2) is 49.6 Å². The monoisotopic (exact) mass is 265 g/mol. The minimum absolute atomic E-state index is 0.229. The zero-order valence-corrected chi connectivity index (χ0v) is 11.9. The Hall–Kier alpha value is -0.610. The number of carbonyl (C=O) groups excluding carboxylic acids is 1. The predicted molar refractivity (Wildman–Crippen MR) is 75.9 cm³/mol. The molecule has 108 valence electrons. The molecule has 1 aliphatic carbocycles. The molecule has 0 bridgehead atoms. The van der Waals surface area contributed by atoms with Gasteiger partial charge in [-0.25, -0.2) is 0 Å². The van der Waals surface area contributed by atoms with Crippen LogP contribution in [0.15, 0.2) is 0 Å². The number of likely N-dealkylation sites (tertiary alicyclic amines) is 1. The minimum atomic E-state index is 0.229. The van der Waals surface area contributed by atoms with Crippen LogP contribution in [0.5, 0.6) is 0 Å². The molecule has 2 atom stereocenters. The Morgan fingerprint density at radius 1 is 1.21 bits per heavy atom. The van der Waals surface area contributed by atoms with Crippen molar-refractivity contribution in [3.63, 3.8) is 0 Å². The Morgan fingerprint density at radius 3 is 2.84 bits per heavy atom. The van der Waals surface area contributed by atoms with Crippen LogP contribution in [0.25, 0.3) is 0 Å². The first-order chi connectivity index (χ1) is 9.31. The van der Waals surface area contributed by atoms with Gasteiger partial charge in [-0.15, -0.1) is 0 Å². The van der Waals surface area contributed by atoms with Crippen molar-refractivity contribution >= 4 is 5.91 Å². The van der Waals surface area contributed by atoms with Crippen LogP contribution in [0, 0.1) is 11.8 Å². The van der Waals surface area contributed by atoms with E-state index in [-0.39, 0.29) is 5.91 Å². The van der Waals surface area contributed by atoms with E-state index in [1.54, 1.807) is 0 Å². The maximum atomic E-state index is 11.9. The Balaban J connectivity index is 1.40. The van der Waals surface area contributed by atoms with Gasteiger partial charge in [0.15, 0.2) is 0 Å². The van der Waals surface area contributed by atoms with E-state index < -0.39 is 0 Å². The molecule has 19 heavy (non-hydrogen) atoms. The van der Waals surface area contributed by atoms with Crippen molar-refractivity contribution in [2.24, 2.45) is 11.8 Å². The van der Waals surface area contributed by atoms with Crippen molar-refractivity contribution in [2.45, 2.75) is 44.6 Å². The molecule has 3 aliphatic rings. The molecule has 2 unspecified atom stereocenters. The topological polar surface area (TPSA) is 44.4 Å². The van der Waals surface area contributed by atoms with Crippen LogP contribution >= 0.6 is 0 Å². The lowest BCUT2D eigenvalue weighted by Crippen LogP contribution is -2.47. The second kappa shape index (κ2) is 6.23. The fraction of sp³-hybridized carbons (Fsp3) is 0.933. The summed E-state index contributed by atoms with van der Waals surface area (Å²) < 4.78 is 0. The van der Waals surface area contributed by atoms with E-state index in [1.165, 1.54) is 45.1 Å². The summed E-state index contributed by atoms with van der Waals surface area (Å²) in [4.78, 5) is 14.3. The van der Waals surface area contributed by atoms with Gasteiger partial charge in [0.1, 0.15) is 0 Å². The maximum Gasteiger partial charge on any atom is 0.234 e.